The van der Waals surface area contributed by atoms with Crippen LogP contribution in [0.15, 0.2) is 30.3 Å². The topological polar surface area (TPSA) is 63.7 Å². The van der Waals surface area contributed by atoms with Gasteiger partial charge in [0, 0.05) is 6.42 Å². The van der Waals surface area contributed by atoms with E-state index in [-0.39, 0.29) is 12.8 Å². The number of nitrogens with zero attached hydrogens (tertiary/aromatic N) is 1. The molecule has 5 heteroatoms. The van der Waals surface area contributed by atoms with Gasteiger partial charge in [0.2, 0.25) is 0 Å². The van der Waals surface area contributed by atoms with Gasteiger partial charge in [-0.25, -0.2) is 4.79 Å². The average molecular weight is 289 g/mol. The highest BCUT2D eigenvalue weighted by Crippen LogP contribution is 2.34. The van der Waals surface area contributed by atoms with Crippen molar-refractivity contribution in [3.63, 3.8) is 0 Å². The van der Waals surface area contributed by atoms with Crippen LogP contribution in [0.5, 0.6) is 0 Å². The first kappa shape index (κ1) is 15.2. The van der Waals surface area contributed by atoms with Gasteiger partial charge >= 0.3 is 5.97 Å². The van der Waals surface area contributed by atoms with E-state index < -0.39 is 23.2 Å². The van der Waals surface area contributed by atoms with Gasteiger partial charge in [-0.1, -0.05) is 44.2 Å². The maximum Gasteiger partial charge on any atom is 0.337 e. The molecule has 1 unspecified atom stereocenters. The zero-order valence-corrected chi connectivity index (χ0v) is 12.3. The molecule has 0 aliphatic carbocycles. The molecule has 1 atom stereocenters. The van der Waals surface area contributed by atoms with E-state index >= 15 is 0 Å². The lowest BCUT2D eigenvalue weighted by molar-refractivity contribution is -0.212. The van der Waals surface area contributed by atoms with Crippen molar-refractivity contribution in [2.45, 2.75) is 39.5 Å². The Balaban J connectivity index is 2.05. The van der Waals surface area contributed by atoms with Crippen molar-refractivity contribution in [1.82, 2.24) is 5.06 Å². The number of benzene rings is 1. The fraction of sp³-hybridized carbons (Fsp3) is 0.438. The summed E-state index contributed by atoms with van der Waals surface area (Å²) in [7, 11) is 0. The Morgan fingerprint density at radius 2 is 1.95 bits per heavy atom. The van der Waals surface area contributed by atoms with E-state index in [1.807, 2.05) is 25.1 Å². The molecule has 0 bridgehead atoms. The summed E-state index contributed by atoms with van der Waals surface area (Å²) in [6.07, 6.45) is 1.34. The third kappa shape index (κ3) is 3.29. The molecule has 1 saturated heterocycles. The second-order valence-electron chi connectivity index (χ2n) is 5.53. The molecule has 1 heterocycles. The number of hydrogen-bond acceptors (Lipinski definition) is 4. The van der Waals surface area contributed by atoms with Gasteiger partial charge in [-0.15, -0.1) is 5.06 Å². The van der Waals surface area contributed by atoms with Crippen molar-refractivity contribution >= 4 is 17.8 Å². The second-order valence-corrected chi connectivity index (χ2v) is 5.53. The minimum atomic E-state index is -0.638. The first-order chi connectivity index (χ1) is 9.96. The third-order valence-corrected chi connectivity index (χ3v) is 3.98. The van der Waals surface area contributed by atoms with Crippen molar-refractivity contribution in [2.75, 3.05) is 0 Å². The SMILES string of the molecule is CCC1(C)CCC(=O)N(OC(=O)Cc2ccccc2)C1=O. The Morgan fingerprint density at radius 3 is 2.57 bits per heavy atom. The smallest absolute Gasteiger partial charge is 0.330 e. The van der Waals surface area contributed by atoms with Crippen LogP contribution in [-0.2, 0) is 25.6 Å². The van der Waals surface area contributed by atoms with Crippen LogP contribution in [0, 0.1) is 5.41 Å². The Labute approximate surface area is 123 Å². The molecule has 1 aliphatic heterocycles. The van der Waals surface area contributed by atoms with E-state index in [2.05, 4.69) is 0 Å². The summed E-state index contributed by atoms with van der Waals surface area (Å²) < 4.78 is 0. The number of hydroxylamine groups is 2. The fourth-order valence-electron chi connectivity index (χ4n) is 2.27. The average Bonchev–Trinajstić information content (AvgIpc) is 2.49. The molecule has 1 aromatic rings. The van der Waals surface area contributed by atoms with Crippen LogP contribution in [0.1, 0.15) is 38.7 Å². The summed E-state index contributed by atoms with van der Waals surface area (Å²) in [6, 6.07) is 9.05. The van der Waals surface area contributed by atoms with Crippen molar-refractivity contribution in [3.05, 3.63) is 35.9 Å². The van der Waals surface area contributed by atoms with E-state index in [9.17, 15) is 14.4 Å². The lowest BCUT2D eigenvalue weighted by Gasteiger charge is -2.35. The molecule has 2 rings (SSSR count). The van der Waals surface area contributed by atoms with E-state index in [0.717, 1.165) is 5.56 Å². The van der Waals surface area contributed by atoms with Gasteiger partial charge in [-0.3, -0.25) is 9.59 Å². The highest BCUT2D eigenvalue weighted by atomic mass is 16.7. The lowest BCUT2D eigenvalue weighted by atomic mass is 9.79. The van der Waals surface area contributed by atoms with Crippen LogP contribution < -0.4 is 0 Å². The van der Waals surface area contributed by atoms with E-state index in [1.165, 1.54) is 0 Å². The molecule has 5 nitrogen and oxygen atoms in total. The number of hydrogen-bond donors (Lipinski definition) is 0. The van der Waals surface area contributed by atoms with Gasteiger partial charge in [0.05, 0.1) is 11.8 Å². The number of piperidine rings is 1. The summed E-state index contributed by atoms with van der Waals surface area (Å²) in [6.45, 7) is 3.68. The fourth-order valence-corrected chi connectivity index (χ4v) is 2.27. The summed E-state index contributed by atoms with van der Waals surface area (Å²) in [5.41, 5.74) is 0.138. The standard InChI is InChI=1S/C16H19NO4/c1-3-16(2)10-9-13(18)17(15(16)20)21-14(19)11-12-7-5-4-6-8-12/h4-8H,3,9-11H2,1-2H3. The van der Waals surface area contributed by atoms with Gasteiger partial charge in [-0.2, -0.15) is 0 Å². The van der Waals surface area contributed by atoms with Crippen LogP contribution in [0.3, 0.4) is 0 Å². The zero-order valence-electron chi connectivity index (χ0n) is 12.3. The quantitative estimate of drug-likeness (QED) is 0.797. The van der Waals surface area contributed by atoms with Gasteiger partial charge in [0.1, 0.15) is 0 Å². The first-order valence-corrected chi connectivity index (χ1v) is 7.08. The maximum absolute atomic E-state index is 12.3. The summed E-state index contributed by atoms with van der Waals surface area (Å²) in [5, 5.41) is 0.651. The molecule has 0 aromatic heterocycles. The van der Waals surface area contributed by atoms with Crippen molar-refractivity contribution < 1.29 is 19.2 Å². The molecule has 1 fully saturated rings. The Bertz CT molecular complexity index is 555. The molecule has 2 amide bonds. The molecule has 1 aromatic carbocycles. The highest BCUT2D eigenvalue weighted by molar-refractivity contribution is 6.00. The van der Waals surface area contributed by atoms with E-state index in [4.69, 9.17) is 4.84 Å². The predicted octanol–water partition coefficient (Wildman–Crippen LogP) is 2.25. The summed E-state index contributed by atoms with van der Waals surface area (Å²) >= 11 is 0. The molecular weight excluding hydrogens is 270 g/mol. The Kier molecular flexibility index (Phi) is 4.40. The molecule has 0 saturated carbocycles. The monoisotopic (exact) mass is 289 g/mol. The minimum Gasteiger partial charge on any atom is -0.330 e. The maximum atomic E-state index is 12.3. The van der Waals surface area contributed by atoms with Crippen LogP contribution in [0.4, 0.5) is 0 Å². The second kappa shape index (κ2) is 6.08. The summed E-state index contributed by atoms with van der Waals surface area (Å²) in [4.78, 5) is 41.0. The molecule has 112 valence electrons. The Hall–Kier alpha value is -2.17. The van der Waals surface area contributed by atoms with Gasteiger partial charge in [-0.05, 0) is 18.4 Å². The lowest BCUT2D eigenvalue weighted by Crippen LogP contribution is -2.50. The molecule has 1 aliphatic rings. The number of amides is 2. The number of rotatable bonds is 4. The number of carbonyl (C=O) groups is 3. The normalized spacial score (nSPS) is 22.3. The zero-order chi connectivity index (χ0) is 15.5. The van der Waals surface area contributed by atoms with Crippen LogP contribution >= 0.6 is 0 Å². The largest absolute Gasteiger partial charge is 0.337 e. The number of carbonyl (C=O) groups excluding carboxylic acids is 3. The first-order valence-electron chi connectivity index (χ1n) is 7.08. The molecule has 0 N–H and O–H groups in total. The van der Waals surface area contributed by atoms with Crippen LogP contribution in [0.25, 0.3) is 0 Å². The Morgan fingerprint density at radius 1 is 1.29 bits per heavy atom. The predicted molar refractivity (Wildman–Crippen MR) is 75.7 cm³/mol. The molecule has 21 heavy (non-hydrogen) atoms. The van der Waals surface area contributed by atoms with Crippen molar-refractivity contribution in [3.8, 4) is 0 Å². The van der Waals surface area contributed by atoms with Crippen molar-refractivity contribution in [2.24, 2.45) is 5.41 Å². The third-order valence-electron chi connectivity index (χ3n) is 3.98. The van der Waals surface area contributed by atoms with E-state index in [0.29, 0.717) is 17.9 Å². The van der Waals surface area contributed by atoms with Gasteiger partial charge in [0.25, 0.3) is 11.8 Å². The number of imide groups is 1. The highest BCUT2D eigenvalue weighted by Gasteiger charge is 2.44. The molecule has 0 radical (unpaired) electrons. The van der Waals surface area contributed by atoms with E-state index in [1.54, 1.807) is 19.1 Å². The molecular formula is C16H19NO4. The molecule has 0 spiro atoms. The minimum absolute atomic E-state index is 0.0285. The van der Waals surface area contributed by atoms with Crippen LogP contribution in [0.2, 0.25) is 0 Å². The summed E-state index contributed by atoms with van der Waals surface area (Å²) in [5.74, 6) is -1.49. The van der Waals surface area contributed by atoms with Gasteiger partial charge < -0.3 is 4.84 Å². The van der Waals surface area contributed by atoms with Crippen LogP contribution in [-0.4, -0.2) is 22.8 Å². The van der Waals surface area contributed by atoms with Crippen molar-refractivity contribution in [1.29, 1.82) is 0 Å². The van der Waals surface area contributed by atoms with Gasteiger partial charge in [0.15, 0.2) is 0 Å².